The highest BCUT2D eigenvalue weighted by molar-refractivity contribution is 9.10. The Morgan fingerprint density at radius 2 is 2.25 bits per heavy atom. The van der Waals surface area contributed by atoms with Crippen LogP contribution in [0.5, 0.6) is 0 Å². The molecule has 0 aromatic heterocycles. The first-order valence-corrected chi connectivity index (χ1v) is 5.91. The Bertz CT molecular complexity index is 363. The van der Waals surface area contributed by atoms with E-state index in [4.69, 9.17) is 9.84 Å². The summed E-state index contributed by atoms with van der Waals surface area (Å²) >= 11 is 3.48. The minimum Gasteiger partial charge on any atom is -0.481 e. The minimum absolute atomic E-state index is 0.202. The zero-order valence-electron chi connectivity index (χ0n) is 9.20. The predicted molar refractivity (Wildman–Crippen MR) is 65.4 cm³/mol. The van der Waals surface area contributed by atoms with Gasteiger partial charge in [-0.25, -0.2) is 0 Å². The van der Waals surface area contributed by atoms with Crippen LogP contribution < -0.4 is 0 Å². The summed E-state index contributed by atoms with van der Waals surface area (Å²) in [4.78, 5) is 10.4. The van der Waals surface area contributed by atoms with Gasteiger partial charge in [-0.2, -0.15) is 0 Å². The predicted octanol–water partition coefficient (Wildman–Crippen LogP) is 3.00. The highest BCUT2D eigenvalue weighted by Gasteiger charge is 2.07. The van der Waals surface area contributed by atoms with Crippen molar-refractivity contribution >= 4 is 21.9 Å². The SMILES string of the molecule is COCc1cccc(Br)c1CCCC(=O)O. The van der Waals surface area contributed by atoms with Gasteiger partial charge in [0.2, 0.25) is 0 Å². The molecule has 0 atom stereocenters. The molecule has 0 heterocycles. The monoisotopic (exact) mass is 286 g/mol. The summed E-state index contributed by atoms with van der Waals surface area (Å²) < 4.78 is 6.13. The molecule has 0 saturated carbocycles. The lowest BCUT2D eigenvalue weighted by Crippen LogP contribution is -2.00. The average Bonchev–Trinajstić information content (AvgIpc) is 2.22. The summed E-state index contributed by atoms with van der Waals surface area (Å²) in [6.45, 7) is 0.557. The summed E-state index contributed by atoms with van der Waals surface area (Å²) in [5.74, 6) is -0.750. The van der Waals surface area contributed by atoms with Crippen LogP contribution in [-0.2, 0) is 22.6 Å². The van der Waals surface area contributed by atoms with Crippen molar-refractivity contribution in [2.45, 2.75) is 25.9 Å². The third kappa shape index (κ3) is 3.94. The number of methoxy groups -OCH3 is 1. The fourth-order valence-corrected chi connectivity index (χ4v) is 2.20. The molecule has 4 heteroatoms. The Hall–Kier alpha value is -0.870. The van der Waals surface area contributed by atoms with Crippen molar-refractivity contribution in [1.29, 1.82) is 0 Å². The van der Waals surface area contributed by atoms with E-state index in [9.17, 15) is 4.79 Å². The molecule has 0 aliphatic carbocycles. The van der Waals surface area contributed by atoms with Crippen LogP contribution in [0.4, 0.5) is 0 Å². The van der Waals surface area contributed by atoms with E-state index in [0.717, 1.165) is 22.0 Å². The first-order valence-electron chi connectivity index (χ1n) is 5.12. The van der Waals surface area contributed by atoms with Gasteiger partial charge >= 0.3 is 5.97 Å². The third-order valence-corrected chi connectivity index (χ3v) is 3.08. The number of rotatable bonds is 6. The van der Waals surface area contributed by atoms with Crippen molar-refractivity contribution in [3.63, 3.8) is 0 Å². The number of hydrogen-bond acceptors (Lipinski definition) is 2. The van der Waals surface area contributed by atoms with E-state index in [1.165, 1.54) is 0 Å². The van der Waals surface area contributed by atoms with Crippen LogP contribution in [0.2, 0.25) is 0 Å². The van der Waals surface area contributed by atoms with E-state index < -0.39 is 5.97 Å². The topological polar surface area (TPSA) is 46.5 Å². The number of halogens is 1. The van der Waals surface area contributed by atoms with Crippen LogP contribution in [0.3, 0.4) is 0 Å². The molecule has 0 radical (unpaired) electrons. The highest BCUT2D eigenvalue weighted by Crippen LogP contribution is 2.23. The lowest BCUT2D eigenvalue weighted by Gasteiger charge is -2.10. The largest absolute Gasteiger partial charge is 0.481 e. The normalized spacial score (nSPS) is 10.4. The van der Waals surface area contributed by atoms with E-state index in [1.54, 1.807) is 7.11 Å². The van der Waals surface area contributed by atoms with Gasteiger partial charge in [0.25, 0.3) is 0 Å². The maximum Gasteiger partial charge on any atom is 0.303 e. The standard InChI is InChI=1S/C12H15BrO3/c1-16-8-9-4-2-6-11(13)10(9)5-3-7-12(14)15/h2,4,6H,3,5,7-8H2,1H3,(H,14,15). The van der Waals surface area contributed by atoms with E-state index >= 15 is 0 Å². The van der Waals surface area contributed by atoms with Gasteiger partial charge in [-0.1, -0.05) is 28.1 Å². The summed E-state index contributed by atoms with van der Waals surface area (Å²) in [5, 5.41) is 8.60. The van der Waals surface area contributed by atoms with Gasteiger partial charge in [0.05, 0.1) is 6.61 Å². The number of carbonyl (C=O) groups is 1. The van der Waals surface area contributed by atoms with Gasteiger partial charge in [-0.3, -0.25) is 4.79 Å². The molecular formula is C12H15BrO3. The van der Waals surface area contributed by atoms with Crippen LogP contribution >= 0.6 is 15.9 Å². The number of carboxylic acids is 1. The smallest absolute Gasteiger partial charge is 0.303 e. The van der Waals surface area contributed by atoms with Crippen LogP contribution in [0.1, 0.15) is 24.0 Å². The second-order valence-corrected chi connectivity index (χ2v) is 4.41. The van der Waals surface area contributed by atoms with Crippen LogP contribution in [0.25, 0.3) is 0 Å². The number of carboxylic acid groups (broad SMARTS) is 1. The Balaban J connectivity index is 2.71. The van der Waals surface area contributed by atoms with Gasteiger partial charge in [-0.15, -0.1) is 0 Å². The molecular weight excluding hydrogens is 272 g/mol. The van der Waals surface area contributed by atoms with Crippen LogP contribution in [-0.4, -0.2) is 18.2 Å². The molecule has 1 N–H and O–H groups in total. The molecule has 16 heavy (non-hydrogen) atoms. The molecule has 0 aliphatic heterocycles. The lowest BCUT2D eigenvalue weighted by molar-refractivity contribution is -0.137. The number of hydrogen-bond donors (Lipinski definition) is 1. The number of aliphatic carboxylic acids is 1. The molecule has 0 unspecified atom stereocenters. The minimum atomic E-state index is -0.750. The number of ether oxygens (including phenoxy) is 1. The van der Waals surface area contributed by atoms with Gasteiger partial charge in [0.1, 0.15) is 0 Å². The van der Waals surface area contributed by atoms with Crippen molar-refractivity contribution in [3.05, 3.63) is 33.8 Å². The molecule has 0 aliphatic rings. The molecule has 0 amide bonds. The molecule has 1 aromatic carbocycles. The van der Waals surface area contributed by atoms with Gasteiger partial charge in [0, 0.05) is 18.0 Å². The second kappa shape index (κ2) is 6.66. The van der Waals surface area contributed by atoms with E-state index in [0.29, 0.717) is 13.0 Å². The second-order valence-electron chi connectivity index (χ2n) is 3.56. The van der Waals surface area contributed by atoms with Crippen molar-refractivity contribution in [2.24, 2.45) is 0 Å². The van der Waals surface area contributed by atoms with Gasteiger partial charge in [0.15, 0.2) is 0 Å². The van der Waals surface area contributed by atoms with E-state index in [2.05, 4.69) is 15.9 Å². The molecule has 1 aromatic rings. The van der Waals surface area contributed by atoms with Crippen molar-refractivity contribution in [2.75, 3.05) is 7.11 Å². The Kier molecular flexibility index (Phi) is 5.49. The fourth-order valence-electron chi connectivity index (χ4n) is 1.59. The molecule has 0 saturated heterocycles. The first-order chi connectivity index (χ1) is 7.65. The van der Waals surface area contributed by atoms with E-state index in [-0.39, 0.29) is 6.42 Å². The summed E-state index contributed by atoms with van der Waals surface area (Å²) in [6.07, 6.45) is 1.61. The van der Waals surface area contributed by atoms with Crippen LogP contribution in [0.15, 0.2) is 22.7 Å². The van der Waals surface area contributed by atoms with Crippen LogP contribution in [0, 0.1) is 0 Å². The molecule has 3 nitrogen and oxygen atoms in total. The maximum atomic E-state index is 10.4. The molecule has 0 spiro atoms. The maximum absolute atomic E-state index is 10.4. The first kappa shape index (κ1) is 13.2. The highest BCUT2D eigenvalue weighted by atomic mass is 79.9. The van der Waals surface area contributed by atoms with Crippen molar-refractivity contribution in [3.8, 4) is 0 Å². The zero-order chi connectivity index (χ0) is 12.0. The van der Waals surface area contributed by atoms with Crippen molar-refractivity contribution in [1.82, 2.24) is 0 Å². The Labute approximate surface area is 104 Å². The third-order valence-electron chi connectivity index (χ3n) is 2.33. The fraction of sp³-hybridized carbons (Fsp3) is 0.417. The molecule has 88 valence electrons. The average molecular weight is 287 g/mol. The summed E-state index contributed by atoms with van der Waals surface area (Å²) in [5.41, 5.74) is 2.26. The molecule has 0 bridgehead atoms. The quantitative estimate of drug-likeness (QED) is 0.874. The zero-order valence-corrected chi connectivity index (χ0v) is 10.8. The van der Waals surface area contributed by atoms with Gasteiger partial charge < -0.3 is 9.84 Å². The Morgan fingerprint density at radius 3 is 2.88 bits per heavy atom. The lowest BCUT2D eigenvalue weighted by atomic mass is 10.0. The molecule has 1 rings (SSSR count). The molecule has 0 fully saturated rings. The number of benzene rings is 1. The van der Waals surface area contributed by atoms with Gasteiger partial charge in [-0.05, 0) is 30.0 Å². The summed E-state index contributed by atoms with van der Waals surface area (Å²) in [6, 6.07) is 5.93. The summed E-state index contributed by atoms with van der Waals surface area (Å²) in [7, 11) is 1.65. The Morgan fingerprint density at radius 1 is 1.50 bits per heavy atom. The van der Waals surface area contributed by atoms with E-state index in [1.807, 2.05) is 18.2 Å². The van der Waals surface area contributed by atoms with Crippen molar-refractivity contribution < 1.29 is 14.6 Å².